The number of aliphatic imine (C=N–C) groups is 1. The van der Waals surface area contributed by atoms with E-state index >= 15 is 0 Å². The summed E-state index contributed by atoms with van der Waals surface area (Å²) in [5.74, 6) is 0. The van der Waals surface area contributed by atoms with Crippen LogP contribution in [0.2, 0.25) is 0 Å². The molecule has 0 unspecified atom stereocenters. The van der Waals surface area contributed by atoms with Crippen LogP contribution >= 0.6 is 0 Å². The van der Waals surface area contributed by atoms with Crippen LogP contribution in [0.15, 0.2) is 48.1 Å². The third kappa shape index (κ3) is 1.80. The van der Waals surface area contributed by atoms with Crippen LogP contribution in [0.3, 0.4) is 0 Å². The summed E-state index contributed by atoms with van der Waals surface area (Å²) in [6, 6.07) is 10.3. The van der Waals surface area contributed by atoms with E-state index in [1.807, 2.05) is 25.3 Å². The first-order valence-electron chi connectivity index (χ1n) is 5.79. The fourth-order valence-electron chi connectivity index (χ4n) is 2.05. The molecule has 88 valence electrons. The van der Waals surface area contributed by atoms with Gasteiger partial charge in [0.15, 0.2) is 0 Å². The van der Waals surface area contributed by atoms with Gasteiger partial charge in [-0.1, -0.05) is 12.6 Å². The summed E-state index contributed by atoms with van der Waals surface area (Å²) in [6.45, 7) is 5.99. The molecule has 0 saturated heterocycles. The van der Waals surface area contributed by atoms with Crippen molar-refractivity contribution in [2.75, 3.05) is 0 Å². The maximum atomic E-state index is 4.29. The maximum Gasteiger partial charge on any atom is 0.0930 e. The standard InChI is InChI=1S/C15H13N3/c1-10-7-13(5-6-16-10)12-3-4-15-14(8-12)11(2)17-9-18-15/h3-9H,2H2,1H3,(H,17,18). The van der Waals surface area contributed by atoms with Gasteiger partial charge in [-0.2, -0.15) is 0 Å². The van der Waals surface area contributed by atoms with E-state index in [9.17, 15) is 0 Å². The topological polar surface area (TPSA) is 37.3 Å². The fraction of sp³-hybridized carbons (Fsp3) is 0.0667. The van der Waals surface area contributed by atoms with E-state index in [0.29, 0.717) is 0 Å². The van der Waals surface area contributed by atoms with Crippen LogP contribution in [-0.4, -0.2) is 11.3 Å². The molecule has 1 N–H and O–H groups in total. The molecule has 3 rings (SSSR count). The molecule has 0 atom stereocenters. The Morgan fingerprint density at radius 2 is 1.94 bits per heavy atom. The summed E-state index contributed by atoms with van der Waals surface area (Å²) in [5.41, 5.74) is 6.21. The van der Waals surface area contributed by atoms with E-state index in [1.165, 1.54) is 0 Å². The highest BCUT2D eigenvalue weighted by molar-refractivity contribution is 5.88. The van der Waals surface area contributed by atoms with Gasteiger partial charge in [-0.25, -0.2) is 4.99 Å². The van der Waals surface area contributed by atoms with Gasteiger partial charge in [-0.3, -0.25) is 4.98 Å². The van der Waals surface area contributed by atoms with Gasteiger partial charge in [0.05, 0.1) is 12.0 Å². The first-order chi connectivity index (χ1) is 8.74. The van der Waals surface area contributed by atoms with Crippen LogP contribution < -0.4 is 5.32 Å². The molecule has 3 nitrogen and oxygen atoms in total. The molecule has 18 heavy (non-hydrogen) atoms. The number of rotatable bonds is 1. The van der Waals surface area contributed by atoms with Crippen molar-refractivity contribution in [3.05, 3.63) is 54.4 Å². The second-order valence-electron chi connectivity index (χ2n) is 4.30. The lowest BCUT2D eigenvalue weighted by atomic mass is 10.0. The highest BCUT2D eigenvalue weighted by Crippen LogP contribution is 2.31. The summed E-state index contributed by atoms with van der Waals surface area (Å²) in [6.07, 6.45) is 3.50. The summed E-state index contributed by atoms with van der Waals surface area (Å²) < 4.78 is 0. The van der Waals surface area contributed by atoms with Gasteiger partial charge in [0.25, 0.3) is 0 Å². The highest BCUT2D eigenvalue weighted by atomic mass is 15.0. The van der Waals surface area contributed by atoms with Crippen LogP contribution in [0.5, 0.6) is 0 Å². The van der Waals surface area contributed by atoms with Gasteiger partial charge in [0.1, 0.15) is 0 Å². The molecule has 0 amide bonds. The molecule has 1 aliphatic rings. The number of nitrogens with zero attached hydrogens (tertiary/aromatic N) is 2. The Morgan fingerprint density at radius 1 is 1.11 bits per heavy atom. The summed E-state index contributed by atoms with van der Waals surface area (Å²) in [7, 11) is 0. The number of fused-ring (bicyclic) bond motifs is 1. The Labute approximate surface area is 106 Å². The molecule has 1 aliphatic heterocycles. The molecule has 2 heterocycles. The number of nitrogens with one attached hydrogen (secondary N) is 1. The number of hydrogen-bond donors (Lipinski definition) is 1. The molecule has 0 aliphatic carbocycles. The van der Waals surface area contributed by atoms with E-state index in [-0.39, 0.29) is 0 Å². The van der Waals surface area contributed by atoms with Crippen LogP contribution in [0, 0.1) is 6.92 Å². The van der Waals surface area contributed by atoms with Crippen LogP contribution in [0.25, 0.3) is 16.8 Å². The lowest BCUT2D eigenvalue weighted by molar-refractivity contribution is 1.20. The molecule has 1 aromatic heterocycles. The van der Waals surface area contributed by atoms with Gasteiger partial charge in [0.2, 0.25) is 0 Å². The third-order valence-corrected chi connectivity index (χ3v) is 2.99. The molecule has 0 radical (unpaired) electrons. The van der Waals surface area contributed by atoms with Gasteiger partial charge in [0, 0.05) is 23.2 Å². The smallest absolute Gasteiger partial charge is 0.0930 e. The molecule has 0 saturated carbocycles. The molecule has 2 aromatic rings. The number of hydrogen-bond acceptors (Lipinski definition) is 3. The molecule has 0 fully saturated rings. The van der Waals surface area contributed by atoms with Gasteiger partial charge in [-0.15, -0.1) is 0 Å². The minimum Gasteiger partial charge on any atom is -0.346 e. The van der Waals surface area contributed by atoms with Crippen molar-refractivity contribution >= 4 is 17.7 Å². The second kappa shape index (κ2) is 4.11. The third-order valence-electron chi connectivity index (χ3n) is 2.99. The van der Waals surface area contributed by atoms with Crippen LogP contribution in [0.4, 0.5) is 5.69 Å². The van der Waals surface area contributed by atoms with Gasteiger partial charge in [-0.05, 0) is 42.3 Å². The van der Waals surface area contributed by atoms with Crippen molar-refractivity contribution in [2.24, 2.45) is 4.99 Å². The molecule has 0 spiro atoms. The minimum absolute atomic E-state index is 0.882. The van der Waals surface area contributed by atoms with Crippen LogP contribution in [0.1, 0.15) is 11.3 Å². The predicted octanol–water partition coefficient (Wildman–Crippen LogP) is 3.29. The van der Waals surface area contributed by atoms with Gasteiger partial charge >= 0.3 is 0 Å². The summed E-state index contributed by atoms with van der Waals surface area (Å²) in [4.78, 5) is 8.50. The first kappa shape index (κ1) is 10.7. The largest absolute Gasteiger partial charge is 0.346 e. The van der Waals surface area contributed by atoms with Crippen molar-refractivity contribution in [1.29, 1.82) is 0 Å². The molecular weight excluding hydrogens is 222 g/mol. The summed E-state index contributed by atoms with van der Waals surface area (Å²) >= 11 is 0. The molecule has 3 heteroatoms. The Balaban J connectivity index is 2.12. The Kier molecular flexibility index (Phi) is 2.45. The van der Waals surface area contributed by atoms with E-state index in [2.05, 4.69) is 40.1 Å². The Bertz CT molecular complexity index is 657. The monoisotopic (exact) mass is 235 g/mol. The second-order valence-corrected chi connectivity index (χ2v) is 4.30. The molecule has 1 aromatic carbocycles. The van der Waals surface area contributed by atoms with Crippen molar-refractivity contribution in [3.63, 3.8) is 0 Å². The zero-order chi connectivity index (χ0) is 12.5. The van der Waals surface area contributed by atoms with Crippen LogP contribution in [-0.2, 0) is 0 Å². The fourth-order valence-corrected chi connectivity index (χ4v) is 2.05. The molecular formula is C15H13N3. The highest BCUT2D eigenvalue weighted by Gasteiger charge is 2.10. The number of pyridine rings is 1. The van der Waals surface area contributed by atoms with Crippen molar-refractivity contribution < 1.29 is 0 Å². The Morgan fingerprint density at radius 3 is 2.78 bits per heavy atom. The lowest BCUT2D eigenvalue weighted by Crippen LogP contribution is -2.12. The van der Waals surface area contributed by atoms with Crippen molar-refractivity contribution in [3.8, 4) is 11.1 Å². The quantitative estimate of drug-likeness (QED) is 0.823. The minimum atomic E-state index is 0.882. The van der Waals surface area contributed by atoms with Crippen molar-refractivity contribution in [1.82, 2.24) is 10.3 Å². The lowest BCUT2D eigenvalue weighted by Gasteiger charge is -2.15. The average molecular weight is 235 g/mol. The van der Waals surface area contributed by atoms with Gasteiger partial charge < -0.3 is 5.32 Å². The van der Waals surface area contributed by atoms with E-state index in [0.717, 1.165) is 33.8 Å². The summed E-state index contributed by atoms with van der Waals surface area (Å²) in [5, 5.41) is 3.03. The predicted molar refractivity (Wildman–Crippen MR) is 74.7 cm³/mol. The van der Waals surface area contributed by atoms with Crippen molar-refractivity contribution in [2.45, 2.75) is 6.92 Å². The number of aromatic nitrogens is 1. The van der Waals surface area contributed by atoms with E-state index in [4.69, 9.17) is 0 Å². The Hall–Kier alpha value is -2.42. The molecule has 0 bridgehead atoms. The zero-order valence-electron chi connectivity index (χ0n) is 10.1. The maximum absolute atomic E-state index is 4.29. The first-order valence-corrected chi connectivity index (χ1v) is 5.79. The SMILES string of the molecule is C=C1NC=Nc2ccc(-c3ccnc(C)c3)cc21. The number of benzene rings is 1. The zero-order valence-corrected chi connectivity index (χ0v) is 10.1. The normalized spacial score (nSPS) is 13.1. The number of aryl methyl sites for hydroxylation is 1. The van der Waals surface area contributed by atoms with E-state index in [1.54, 1.807) is 6.34 Å². The average Bonchev–Trinajstić information content (AvgIpc) is 2.39. The van der Waals surface area contributed by atoms with E-state index < -0.39 is 0 Å².